The third-order valence-electron chi connectivity index (χ3n) is 4.52. The van der Waals surface area contributed by atoms with Crippen molar-refractivity contribution in [2.75, 3.05) is 19.6 Å². The largest absolute Gasteiger partial charge is 0.411 e. The van der Waals surface area contributed by atoms with E-state index in [0.29, 0.717) is 31.1 Å². The number of hydrogen-bond donors (Lipinski definition) is 5. The van der Waals surface area contributed by atoms with Gasteiger partial charge in [0, 0.05) is 25.0 Å². The van der Waals surface area contributed by atoms with Crippen LogP contribution in [-0.2, 0) is 0 Å². The van der Waals surface area contributed by atoms with Crippen LogP contribution in [0.5, 0.6) is 0 Å². The summed E-state index contributed by atoms with van der Waals surface area (Å²) in [5.41, 5.74) is 6.15. The smallest absolute Gasteiger partial charge is 0.0734 e. The van der Waals surface area contributed by atoms with Gasteiger partial charge in [0.15, 0.2) is 0 Å². The molecule has 0 aliphatic heterocycles. The summed E-state index contributed by atoms with van der Waals surface area (Å²) in [5.74, 6) is 0. The average Bonchev–Trinajstić information content (AvgIpc) is 2.49. The van der Waals surface area contributed by atoms with E-state index in [-0.39, 0.29) is 5.41 Å². The van der Waals surface area contributed by atoms with Crippen molar-refractivity contribution in [2.24, 2.45) is 21.5 Å². The van der Waals surface area contributed by atoms with Gasteiger partial charge in [0.05, 0.1) is 22.5 Å². The van der Waals surface area contributed by atoms with E-state index in [1.165, 1.54) is 0 Å². The second-order valence-corrected chi connectivity index (χ2v) is 7.34. The fourth-order valence-corrected chi connectivity index (χ4v) is 1.58. The van der Waals surface area contributed by atoms with Crippen LogP contribution in [0.15, 0.2) is 10.3 Å². The van der Waals surface area contributed by atoms with Crippen molar-refractivity contribution >= 4 is 11.4 Å². The number of nitrogens with two attached hydrogens (primary N) is 1. The summed E-state index contributed by atoms with van der Waals surface area (Å²) in [6, 6.07) is 0. The first-order valence-corrected chi connectivity index (χ1v) is 7.52. The molecule has 0 rings (SSSR count). The highest BCUT2D eigenvalue weighted by molar-refractivity contribution is 5.90. The molecule has 0 heterocycles. The molecule has 22 heavy (non-hydrogen) atoms. The van der Waals surface area contributed by atoms with Gasteiger partial charge in [-0.25, -0.2) is 0 Å². The van der Waals surface area contributed by atoms with Gasteiger partial charge < -0.3 is 26.8 Å². The van der Waals surface area contributed by atoms with Crippen molar-refractivity contribution in [3.63, 3.8) is 0 Å². The summed E-state index contributed by atoms with van der Waals surface area (Å²) in [6.07, 6.45) is 0. The van der Waals surface area contributed by atoms with E-state index >= 15 is 0 Å². The highest BCUT2D eigenvalue weighted by Gasteiger charge is 2.31. The predicted molar refractivity (Wildman–Crippen MR) is 91.1 cm³/mol. The quantitative estimate of drug-likeness (QED) is 0.250. The SMILES string of the molecule is C/C(=N\O)C(C)(C)NCC(C)(CN)CNC(C)(C)/C(C)=N/O. The minimum absolute atomic E-state index is 0.194. The maximum atomic E-state index is 8.93. The zero-order chi connectivity index (χ0) is 17.6. The molecule has 0 aromatic rings. The number of nitrogens with one attached hydrogen (secondary N) is 2. The lowest BCUT2D eigenvalue weighted by Gasteiger charge is -2.37. The Morgan fingerprint density at radius 3 is 1.41 bits per heavy atom. The van der Waals surface area contributed by atoms with Crippen LogP contribution in [0.1, 0.15) is 48.5 Å². The van der Waals surface area contributed by atoms with Gasteiger partial charge in [0.25, 0.3) is 0 Å². The summed E-state index contributed by atoms with van der Waals surface area (Å²) >= 11 is 0. The van der Waals surface area contributed by atoms with Crippen molar-refractivity contribution in [3.05, 3.63) is 0 Å². The molecule has 0 unspecified atom stereocenters. The van der Waals surface area contributed by atoms with Crippen LogP contribution in [0.2, 0.25) is 0 Å². The fourth-order valence-electron chi connectivity index (χ4n) is 1.58. The molecule has 0 saturated heterocycles. The molecule has 7 heteroatoms. The monoisotopic (exact) mass is 315 g/mol. The average molecular weight is 315 g/mol. The van der Waals surface area contributed by atoms with Gasteiger partial charge >= 0.3 is 0 Å². The van der Waals surface area contributed by atoms with Crippen LogP contribution in [-0.4, -0.2) is 52.5 Å². The van der Waals surface area contributed by atoms with Crippen LogP contribution in [0.4, 0.5) is 0 Å². The maximum absolute atomic E-state index is 8.93. The Hall–Kier alpha value is -1.18. The lowest BCUT2D eigenvalue weighted by atomic mass is 9.87. The number of nitrogens with zero attached hydrogens (tertiary/aromatic N) is 2. The van der Waals surface area contributed by atoms with Gasteiger partial charge in [-0.3, -0.25) is 0 Å². The van der Waals surface area contributed by atoms with Gasteiger partial charge in [0.1, 0.15) is 0 Å². The highest BCUT2D eigenvalue weighted by atomic mass is 16.4. The zero-order valence-corrected chi connectivity index (χ0v) is 15.0. The second-order valence-electron chi connectivity index (χ2n) is 7.34. The van der Waals surface area contributed by atoms with Gasteiger partial charge in [0.2, 0.25) is 0 Å². The molecule has 0 aliphatic rings. The Morgan fingerprint density at radius 2 is 1.18 bits per heavy atom. The molecule has 0 amide bonds. The lowest BCUT2D eigenvalue weighted by molar-refractivity contribution is 0.254. The van der Waals surface area contributed by atoms with E-state index < -0.39 is 11.1 Å². The van der Waals surface area contributed by atoms with Gasteiger partial charge in [-0.05, 0) is 41.5 Å². The van der Waals surface area contributed by atoms with Crippen LogP contribution < -0.4 is 16.4 Å². The molecule has 0 fully saturated rings. The van der Waals surface area contributed by atoms with Crippen LogP contribution in [0.3, 0.4) is 0 Å². The van der Waals surface area contributed by atoms with Crippen molar-refractivity contribution in [1.29, 1.82) is 0 Å². The summed E-state index contributed by atoms with van der Waals surface area (Å²) in [4.78, 5) is 0. The van der Waals surface area contributed by atoms with E-state index in [9.17, 15) is 0 Å². The predicted octanol–water partition coefficient (Wildman–Crippen LogP) is 1.39. The van der Waals surface area contributed by atoms with Crippen molar-refractivity contribution in [1.82, 2.24) is 10.6 Å². The van der Waals surface area contributed by atoms with Crippen molar-refractivity contribution < 1.29 is 10.4 Å². The van der Waals surface area contributed by atoms with E-state index in [1.807, 2.05) is 27.7 Å². The minimum atomic E-state index is -0.414. The molecule has 0 aliphatic carbocycles. The Morgan fingerprint density at radius 1 is 0.864 bits per heavy atom. The molecular weight excluding hydrogens is 282 g/mol. The van der Waals surface area contributed by atoms with E-state index in [2.05, 4.69) is 27.9 Å². The highest BCUT2D eigenvalue weighted by Crippen LogP contribution is 2.17. The Bertz CT molecular complexity index is 382. The Kier molecular flexibility index (Phi) is 7.47. The number of oxime groups is 2. The van der Waals surface area contributed by atoms with Crippen molar-refractivity contribution in [3.8, 4) is 0 Å². The van der Waals surface area contributed by atoms with Crippen LogP contribution >= 0.6 is 0 Å². The van der Waals surface area contributed by atoms with E-state index in [4.69, 9.17) is 16.1 Å². The summed E-state index contributed by atoms with van der Waals surface area (Å²) in [6.45, 7) is 15.3. The zero-order valence-electron chi connectivity index (χ0n) is 15.0. The van der Waals surface area contributed by atoms with Crippen LogP contribution in [0.25, 0.3) is 0 Å². The minimum Gasteiger partial charge on any atom is -0.411 e. The Labute approximate surface area is 134 Å². The topological polar surface area (TPSA) is 115 Å². The standard InChI is InChI=1S/C15H33N5O2/c1-11(19-21)13(3,4)17-9-15(7,8-16)10-18-14(5,6)12(2)20-22/h17-18,21-22H,8-10,16H2,1-7H3/b19-11+,20-12+. The third kappa shape index (κ3) is 5.90. The van der Waals surface area contributed by atoms with Gasteiger partial charge in [-0.1, -0.05) is 17.2 Å². The van der Waals surface area contributed by atoms with E-state index in [0.717, 1.165) is 0 Å². The Balaban J connectivity index is 4.80. The second kappa shape index (κ2) is 7.89. The number of rotatable bonds is 9. The van der Waals surface area contributed by atoms with Gasteiger partial charge in [-0.15, -0.1) is 0 Å². The molecule has 0 saturated carbocycles. The summed E-state index contributed by atoms with van der Waals surface area (Å²) < 4.78 is 0. The van der Waals surface area contributed by atoms with Crippen molar-refractivity contribution in [2.45, 2.75) is 59.5 Å². The molecule has 7 nitrogen and oxygen atoms in total. The molecule has 6 N–H and O–H groups in total. The fraction of sp³-hybridized carbons (Fsp3) is 0.867. The maximum Gasteiger partial charge on any atom is 0.0734 e. The first-order chi connectivity index (χ1) is 9.94. The molecule has 0 bridgehead atoms. The van der Waals surface area contributed by atoms with Gasteiger partial charge in [-0.2, -0.15) is 0 Å². The molecule has 0 radical (unpaired) electrons. The summed E-state index contributed by atoms with van der Waals surface area (Å²) in [5, 5.41) is 31.2. The molecule has 0 aromatic heterocycles. The number of hydrogen-bond acceptors (Lipinski definition) is 7. The molecular formula is C15H33N5O2. The molecule has 0 aromatic carbocycles. The molecule has 0 spiro atoms. The molecule has 0 atom stereocenters. The first kappa shape index (κ1) is 20.8. The van der Waals surface area contributed by atoms with Crippen LogP contribution in [0, 0.1) is 5.41 Å². The lowest BCUT2D eigenvalue weighted by Crippen LogP contribution is -2.56. The summed E-state index contributed by atoms with van der Waals surface area (Å²) in [7, 11) is 0. The first-order valence-electron chi connectivity index (χ1n) is 7.52. The third-order valence-corrected chi connectivity index (χ3v) is 4.52. The normalized spacial score (nSPS) is 17.5. The van der Waals surface area contributed by atoms with E-state index in [1.54, 1.807) is 13.8 Å². The molecule has 130 valence electrons.